The van der Waals surface area contributed by atoms with Gasteiger partial charge in [-0.1, -0.05) is 0 Å². The Hall–Kier alpha value is -0.0800. The monoisotopic (exact) mass is 116 g/mol. The Labute approximate surface area is 49.8 Å². The standard InChI is InChI=1S/C6H12O2/c1-7-5-6-3-2-4-8-6/h6H,2-5H2,1H3/t6-/m0/s1. The molecule has 1 aliphatic heterocycles. The number of ether oxygens (including phenoxy) is 2. The normalized spacial score (nSPS) is 28.9. The fourth-order valence-corrected chi connectivity index (χ4v) is 0.962. The van der Waals surface area contributed by atoms with Gasteiger partial charge in [0.15, 0.2) is 0 Å². The molecule has 2 nitrogen and oxygen atoms in total. The highest BCUT2D eigenvalue weighted by Gasteiger charge is 2.13. The summed E-state index contributed by atoms with van der Waals surface area (Å²) in [4.78, 5) is 0. The van der Waals surface area contributed by atoms with Gasteiger partial charge in [-0.25, -0.2) is 0 Å². The van der Waals surface area contributed by atoms with E-state index in [9.17, 15) is 0 Å². The van der Waals surface area contributed by atoms with E-state index in [0.29, 0.717) is 6.10 Å². The molecule has 0 aromatic carbocycles. The van der Waals surface area contributed by atoms with Gasteiger partial charge >= 0.3 is 0 Å². The quantitative estimate of drug-likeness (QED) is 0.531. The minimum Gasteiger partial charge on any atom is -0.382 e. The van der Waals surface area contributed by atoms with E-state index in [0.717, 1.165) is 13.2 Å². The van der Waals surface area contributed by atoms with E-state index in [1.165, 1.54) is 12.8 Å². The summed E-state index contributed by atoms with van der Waals surface area (Å²) in [5, 5.41) is 0. The molecule has 0 N–H and O–H groups in total. The molecule has 2 heteroatoms. The van der Waals surface area contributed by atoms with Gasteiger partial charge in [-0.05, 0) is 12.8 Å². The maximum atomic E-state index is 5.27. The molecule has 1 saturated heterocycles. The molecular weight excluding hydrogens is 104 g/mol. The van der Waals surface area contributed by atoms with Crippen LogP contribution < -0.4 is 0 Å². The predicted molar refractivity (Wildman–Crippen MR) is 30.8 cm³/mol. The van der Waals surface area contributed by atoms with Gasteiger partial charge < -0.3 is 9.47 Å². The second kappa shape index (κ2) is 3.05. The van der Waals surface area contributed by atoms with Crippen LogP contribution in [0.25, 0.3) is 0 Å². The first kappa shape index (κ1) is 6.05. The molecule has 0 aromatic heterocycles. The van der Waals surface area contributed by atoms with Gasteiger partial charge in [-0.2, -0.15) is 0 Å². The first-order chi connectivity index (χ1) is 3.93. The Morgan fingerprint density at radius 1 is 1.75 bits per heavy atom. The molecular formula is C6H12O2. The molecule has 0 radical (unpaired) electrons. The molecule has 0 unspecified atom stereocenters. The molecule has 0 spiro atoms. The Bertz CT molecular complexity index is 57.5. The second-order valence-electron chi connectivity index (χ2n) is 2.09. The van der Waals surface area contributed by atoms with Gasteiger partial charge in [0, 0.05) is 13.7 Å². The van der Waals surface area contributed by atoms with Crippen molar-refractivity contribution in [2.45, 2.75) is 18.9 Å². The molecule has 0 saturated carbocycles. The molecule has 1 fully saturated rings. The van der Waals surface area contributed by atoms with E-state index in [-0.39, 0.29) is 0 Å². The Kier molecular flexibility index (Phi) is 2.30. The molecule has 48 valence electrons. The van der Waals surface area contributed by atoms with E-state index in [1.54, 1.807) is 7.11 Å². The van der Waals surface area contributed by atoms with Gasteiger partial charge in [0.2, 0.25) is 0 Å². The van der Waals surface area contributed by atoms with Crippen LogP contribution in [-0.2, 0) is 9.47 Å². The number of hydrogen-bond acceptors (Lipinski definition) is 2. The van der Waals surface area contributed by atoms with Crippen LogP contribution in [0.2, 0.25) is 0 Å². The summed E-state index contributed by atoms with van der Waals surface area (Å²) >= 11 is 0. The minimum absolute atomic E-state index is 0.389. The summed E-state index contributed by atoms with van der Waals surface area (Å²) < 4.78 is 10.2. The minimum atomic E-state index is 0.389. The molecule has 0 aliphatic carbocycles. The van der Waals surface area contributed by atoms with Gasteiger partial charge in [-0.15, -0.1) is 0 Å². The van der Waals surface area contributed by atoms with Crippen LogP contribution in [0, 0.1) is 0 Å². The lowest BCUT2D eigenvalue weighted by molar-refractivity contribution is 0.0380. The average Bonchev–Trinajstić information content (AvgIpc) is 2.19. The Morgan fingerprint density at radius 2 is 2.62 bits per heavy atom. The molecule has 1 aliphatic rings. The Balaban J connectivity index is 2.06. The van der Waals surface area contributed by atoms with Crippen LogP contribution in [0.3, 0.4) is 0 Å². The maximum Gasteiger partial charge on any atom is 0.0809 e. The fourth-order valence-electron chi connectivity index (χ4n) is 0.962. The summed E-state index contributed by atoms with van der Waals surface area (Å²) in [6.07, 6.45) is 2.77. The third-order valence-corrected chi connectivity index (χ3v) is 1.38. The summed E-state index contributed by atoms with van der Waals surface area (Å²) in [5.41, 5.74) is 0. The van der Waals surface area contributed by atoms with Crippen molar-refractivity contribution >= 4 is 0 Å². The maximum absolute atomic E-state index is 5.27. The molecule has 1 heterocycles. The summed E-state index contributed by atoms with van der Waals surface area (Å²) in [7, 11) is 1.71. The lowest BCUT2D eigenvalue weighted by atomic mass is 10.2. The largest absolute Gasteiger partial charge is 0.382 e. The number of rotatable bonds is 2. The van der Waals surface area contributed by atoms with Crippen molar-refractivity contribution < 1.29 is 9.47 Å². The van der Waals surface area contributed by atoms with Crippen molar-refractivity contribution in [2.75, 3.05) is 20.3 Å². The third kappa shape index (κ3) is 1.46. The SMILES string of the molecule is COC[C@@H]1CCCO1. The molecule has 8 heavy (non-hydrogen) atoms. The molecule has 0 bridgehead atoms. The van der Waals surface area contributed by atoms with E-state index in [2.05, 4.69) is 0 Å². The third-order valence-electron chi connectivity index (χ3n) is 1.38. The smallest absolute Gasteiger partial charge is 0.0809 e. The number of methoxy groups -OCH3 is 1. The van der Waals surface area contributed by atoms with Crippen LogP contribution >= 0.6 is 0 Å². The topological polar surface area (TPSA) is 18.5 Å². The zero-order valence-corrected chi connectivity index (χ0v) is 5.22. The Morgan fingerprint density at radius 3 is 3.12 bits per heavy atom. The first-order valence-corrected chi connectivity index (χ1v) is 3.04. The van der Waals surface area contributed by atoms with Crippen LogP contribution in [0.5, 0.6) is 0 Å². The van der Waals surface area contributed by atoms with Crippen LogP contribution in [0.1, 0.15) is 12.8 Å². The highest BCUT2D eigenvalue weighted by atomic mass is 16.5. The molecule has 1 rings (SSSR count). The lowest BCUT2D eigenvalue weighted by Crippen LogP contribution is -2.11. The van der Waals surface area contributed by atoms with Gasteiger partial charge in [0.25, 0.3) is 0 Å². The van der Waals surface area contributed by atoms with Crippen molar-refractivity contribution in [3.63, 3.8) is 0 Å². The van der Waals surface area contributed by atoms with Crippen LogP contribution in [0.15, 0.2) is 0 Å². The molecule has 0 aromatic rings. The average molecular weight is 116 g/mol. The predicted octanol–water partition coefficient (Wildman–Crippen LogP) is 0.812. The lowest BCUT2D eigenvalue weighted by Gasteiger charge is -2.05. The highest BCUT2D eigenvalue weighted by Crippen LogP contribution is 2.10. The summed E-state index contributed by atoms with van der Waals surface area (Å²) in [6.45, 7) is 1.69. The van der Waals surface area contributed by atoms with E-state index in [1.807, 2.05) is 0 Å². The van der Waals surface area contributed by atoms with E-state index in [4.69, 9.17) is 9.47 Å². The fraction of sp³-hybridized carbons (Fsp3) is 1.00. The van der Waals surface area contributed by atoms with Crippen LogP contribution in [0.4, 0.5) is 0 Å². The summed E-state index contributed by atoms with van der Waals surface area (Å²) in [5.74, 6) is 0. The van der Waals surface area contributed by atoms with E-state index >= 15 is 0 Å². The van der Waals surface area contributed by atoms with Gasteiger partial charge in [-0.3, -0.25) is 0 Å². The van der Waals surface area contributed by atoms with E-state index < -0.39 is 0 Å². The van der Waals surface area contributed by atoms with Gasteiger partial charge in [0.05, 0.1) is 12.7 Å². The number of hydrogen-bond donors (Lipinski definition) is 0. The van der Waals surface area contributed by atoms with Crippen LogP contribution in [-0.4, -0.2) is 26.4 Å². The van der Waals surface area contributed by atoms with Crippen molar-refractivity contribution in [3.8, 4) is 0 Å². The van der Waals surface area contributed by atoms with Gasteiger partial charge in [0.1, 0.15) is 0 Å². The van der Waals surface area contributed by atoms with Crippen molar-refractivity contribution in [2.24, 2.45) is 0 Å². The highest BCUT2D eigenvalue weighted by molar-refractivity contribution is 4.62. The van der Waals surface area contributed by atoms with Crippen molar-refractivity contribution in [1.29, 1.82) is 0 Å². The zero-order valence-electron chi connectivity index (χ0n) is 5.22. The zero-order chi connectivity index (χ0) is 5.82. The molecule has 0 amide bonds. The van der Waals surface area contributed by atoms with Crippen molar-refractivity contribution in [3.05, 3.63) is 0 Å². The van der Waals surface area contributed by atoms with Crippen molar-refractivity contribution in [1.82, 2.24) is 0 Å². The first-order valence-electron chi connectivity index (χ1n) is 3.04. The summed E-state index contributed by atoms with van der Waals surface area (Å²) in [6, 6.07) is 0. The molecule has 1 atom stereocenters. The second-order valence-corrected chi connectivity index (χ2v) is 2.09.